The van der Waals surface area contributed by atoms with Crippen LogP contribution in [0.2, 0.25) is 5.02 Å². The molecule has 0 heterocycles. The maximum absolute atomic E-state index is 8.93. The van der Waals surface area contributed by atoms with Gasteiger partial charge in [-0.25, -0.2) is 0 Å². The lowest BCUT2D eigenvalue weighted by atomic mass is 10.1. The van der Waals surface area contributed by atoms with Crippen LogP contribution in [0, 0.1) is 17.2 Å². The first-order valence-electron chi connectivity index (χ1n) is 5.71. The van der Waals surface area contributed by atoms with E-state index in [1.807, 2.05) is 6.92 Å². The Kier molecular flexibility index (Phi) is 5.82. The first-order chi connectivity index (χ1) is 8.17. The Bertz CT molecular complexity index is 401. The second kappa shape index (κ2) is 7.16. The van der Waals surface area contributed by atoms with Gasteiger partial charge in [-0.3, -0.25) is 0 Å². The van der Waals surface area contributed by atoms with Gasteiger partial charge in [0.15, 0.2) is 0 Å². The van der Waals surface area contributed by atoms with E-state index >= 15 is 0 Å². The second-order valence-corrected chi connectivity index (χ2v) is 4.59. The minimum atomic E-state index is 0.223. The molecular weight excluding hydrogens is 236 g/mol. The molecule has 0 saturated carbocycles. The van der Waals surface area contributed by atoms with Crippen LogP contribution in [0.25, 0.3) is 0 Å². The summed E-state index contributed by atoms with van der Waals surface area (Å²) in [7, 11) is 0. The van der Waals surface area contributed by atoms with Crippen molar-refractivity contribution in [2.24, 2.45) is 5.92 Å². The fraction of sp³-hybridized carbons (Fsp3) is 0.462. The summed E-state index contributed by atoms with van der Waals surface area (Å²) in [5.74, 6) is 0.326. The van der Waals surface area contributed by atoms with E-state index < -0.39 is 0 Å². The Morgan fingerprint density at radius 1 is 1.53 bits per heavy atom. The van der Waals surface area contributed by atoms with Gasteiger partial charge in [0.25, 0.3) is 0 Å². The predicted molar refractivity (Wildman–Crippen MR) is 70.1 cm³/mol. The highest BCUT2D eigenvalue weighted by Gasteiger charge is 2.03. The van der Waals surface area contributed by atoms with Crippen molar-refractivity contribution in [3.63, 3.8) is 0 Å². The van der Waals surface area contributed by atoms with E-state index in [1.165, 1.54) is 0 Å². The van der Waals surface area contributed by atoms with Gasteiger partial charge in [0.05, 0.1) is 11.3 Å². The van der Waals surface area contributed by atoms with E-state index in [2.05, 4.69) is 11.4 Å². The fourth-order valence-corrected chi connectivity index (χ4v) is 1.70. The Balaban J connectivity index is 2.46. The molecule has 1 rings (SSSR count). The van der Waals surface area contributed by atoms with Gasteiger partial charge in [-0.1, -0.05) is 18.5 Å². The van der Waals surface area contributed by atoms with Crippen LogP contribution in [0.4, 0.5) is 5.69 Å². The molecule has 0 radical (unpaired) electrons. The molecule has 0 aromatic heterocycles. The van der Waals surface area contributed by atoms with Crippen molar-refractivity contribution >= 4 is 17.3 Å². The number of rotatable bonds is 6. The first kappa shape index (κ1) is 13.8. The lowest BCUT2D eigenvalue weighted by molar-refractivity contribution is 0.229. The summed E-state index contributed by atoms with van der Waals surface area (Å²) in [6, 6.07) is 7.30. The average Bonchev–Trinajstić information content (AvgIpc) is 2.34. The molecule has 0 fully saturated rings. The van der Waals surface area contributed by atoms with Gasteiger partial charge in [0, 0.05) is 18.2 Å². The van der Waals surface area contributed by atoms with Gasteiger partial charge in [-0.2, -0.15) is 5.26 Å². The lowest BCUT2D eigenvalue weighted by Gasteiger charge is -2.10. The van der Waals surface area contributed by atoms with Crippen molar-refractivity contribution in [1.29, 1.82) is 5.26 Å². The van der Waals surface area contributed by atoms with Crippen molar-refractivity contribution in [2.45, 2.75) is 19.8 Å². The van der Waals surface area contributed by atoms with Gasteiger partial charge in [-0.05, 0) is 37.0 Å². The molecule has 0 aliphatic heterocycles. The number of aliphatic hydroxyl groups excluding tert-OH is 1. The molecule has 1 aromatic carbocycles. The first-order valence-corrected chi connectivity index (χ1v) is 6.09. The number of nitrogens with one attached hydrogen (secondary N) is 1. The zero-order chi connectivity index (χ0) is 12.7. The van der Waals surface area contributed by atoms with Crippen molar-refractivity contribution < 1.29 is 5.11 Å². The van der Waals surface area contributed by atoms with Crippen molar-refractivity contribution in [3.05, 3.63) is 28.8 Å². The highest BCUT2D eigenvalue weighted by molar-refractivity contribution is 6.30. The van der Waals surface area contributed by atoms with Gasteiger partial charge in [-0.15, -0.1) is 0 Å². The molecular formula is C13H17ClN2O. The number of anilines is 1. The number of benzene rings is 1. The zero-order valence-corrected chi connectivity index (χ0v) is 10.7. The third kappa shape index (κ3) is 4.64. The smallest absolute Gasteiger partial charge is 0.101 e. The predicted octanol–water partition coefficient (Wildman–Crippen LogP) is 3.03. The third-order valence-corrected chi connectivity index (χ3v) is 2.84. The molecule has 17 heavy (non-hydrogen) atoms. The van der Waals surface area contributed by atoms with Crippen LogP contribution in [-0.2, 0) is 0 Å². The molecule has 0 aliphatic carbocycles. The van der Waals surface area contributed by atoms with Crippen molar-refractivity contribution in [1.82, 2.24) is 0 Å². The van der Waals surface area contributed by atoms with Crippen LogP contribution in [-0.4, -0.2) is 18.3 Å². The quantitative estimate of drug-likeness (QED) is 0.765. The molecule has 4 heteroatoms. The van der Waals surface area contributed by atoms with Crippen LogP contribution in [0.5, 0.6) is 0 Å². The summed E-state index contributed by atoms with van der Waals surface area (Å²) in [6.07, 6.45) is 1.92. The highest BCUT2D eigenvalue weighted by atomic mass is 35.5. The number of hydrogen-bond donors (Lipinski definition) is 2. The summed E-state index contributed by atoms with van der Waals surface area (Å²) >= 11 is 5.88. The Morgan fingerprint density at radius 2 is 2.29 bits per heavy atom. The molecule has 92 valence electrons. The molecule has 1 unspecified atom stereocenters. The summed E-state index contributed by atoms with van der Waals surface area (Å²) in [5.41, 5.74) is 1.38. The minimum Gasteiger partial charge on any atom is -0.396 e. The highest BCUT2D eigenvalue weighted by Crippen LogP contribution is 2.20. The standard InChI is InChI=1S/C13H17ClN2O/c1-10(9-17)3-2-6-16-13-7-12(14)5-4-11(13)8-15/h4-5,7,10,16-17H,2-3,6,9H2,1H3. The summed E-state index contributed by atoms with van der Waals surface area (Å²) in [5, 5.41) is 21.6. The SMILES string of the molecule is CC(CO)CCCNc1cc(Cl)ccc1C#N. The van der Waals surface area contributed by atoms with Crippen LogP contribution in [0.15, 0.2) is 18.2 Å². The van der Waals surface area contributed by atoms with E-state index in [1.54, 1.807) is 18.2 Å². The van der Waals surface area contributed by atoms with Gasteiger partial charge < -0.3 is 10.4 Å². The van der Waals surface area contributed by atoms with E-state index in [0.717, 1.165) is 25.1 Å². The number of aliphatic hydroxyl groups is 1. The molecule has 0 aliphatic rings. The zero-order valence-electron chi connectivity index (χ0n) is 9.91. The second-order valence-electron chi connectivity index (χ2n) is 4.16. The topological polar surface area (TPSA) is 56.0 Å². The maximum atomic E-state index is 8.93. The molecule has 0 bridgehead atoms. The van der Waals surface area contributed by atoms with E-state index in [9.17, 15) is 0 Å². The molecule has 2 N–H and O–H groups in total. The summed E-state index contributed by atoms with van der Waals surface area (Å²) in [4.78, 5) is 0. The Morgan fingerprint density at radius 3 is 2.94 bits per heavy atom. The third-order valence-electron chi connectivity index (χ3n) is 2.60. The molecule has 3 nitrogen and oxygen atoms in total. The number of hydrogen-bond acceptors (Lipinski definition) is 3. The van der Waals surface area contributed by atoms with E-state index in [-0.39, 0.29) is 6.61 Å². The van der Waals surface area contributed by atoms with Crippen LogP contribution >= 0.6 is 11.6 Å². The summed E-state index contributed by atoms with van der Waals surface area (Å²) < 4.78 is 0. The largest absolute Gasteiger partial charge is 0.396 e. The molecule has 0 amide bonds. The molecule has 1 atom stereocenters. The monoisotopic (exact) mass is 252 g/mol. The fourth-order valence-electron chi connectivity index (χ4n) is 1.53. The number of nitrogens with zero attached hydrogens (tertiary/aromatic N) is 1. The van der Waals surface area contributed by atoms with E-state index in [0.29, 0.717) is 16.5 Å². The van der Waals surface area contributed by atoms with Crippen LogP contribution < -0.4 is 5.32 Å². The van der Waals surface area contributed by atoms with Gasteiger partial charge >= 0.3 is 0 Å². The van der Waals surface area contributed by atoms with Crippen LogP contribution in [0.3, 0.4) is 0 Å². The van der Waals surface area contributed by atoms with Crippen LogP contribution in [0.1, 0.15) is 25.3 Å². The number of nitriles is 1. The van der Waals surface area contributed by atoms with Gasteiger partial charge in [0.1, 0.15) is 6.07 Å². The molecule has 0 spiro atoms. The lowest BCUT2D eigenvalue weighted by Crippen LogP contribution is -2.07. The maximum Gasteiger partial charge on any atom is 0.101 e. The Hall–Kier alpha value is -1.24. The minimum absolute atomic E-state index is 0.223. The average molecular weight is 253 g/mol. The van der Waals surface area contributed by atoms with Gasteiger partial charge in [0.2, 0.25) is 0 Å². The summed E-state index contributed by atoms with van der Waals surface area (Å²) in [6.45, 7) is 3.01. The van der Waals surface area contributed by atoms with Crippen molar-refractivity contribution in [2.75, 3.05) is 18.5 Å². The van der Waals surface area contributed by atoms with E-state index in [4.69, 9.17) is 22.0 Å². The molecule has 0 saturated heterocycles. The molecule has 1 aromatic rings. The Labute approximate surface area is 107 Å². The number of halogens is 1. The normalized spacial score (nSPS) is 11.9. The van der Waals surface area contributed by atoms with Crippen molar-refractivity contribution in [3.8, 4) is 6.07 Å².